The van der Waals surface area contributed by atoms with Gasteiger partial charge in [-0.25, -0.2) is 0 Å². The zero-order chi connectivity index (χ0) is 21.1. The number of carbonyl (C=O) groups excluding carboxylic acids is 1. The monoisotopic (exact) mass is 383 g/mol. The van der Waals surface area contributed by atoms with E-state index in [4.69, 9.17) is 4.74 Å². The van der Waals surface area contributed by atoms with Crippen LogP contribution in [0, 0.1) is 0 Å². The number of rotatable bonds is 5. The first-order chi connectivity index (χ1) is 12.9. The van der Waals surface area contributed by atoms with E-state index in [0.29, 0.717) is 18.6 Å². The van der Waals surface area contributed by atoms with Gasteiger partial charge in [-0.3, -0.25) is 4.79 Å². The number of aromatic hydroxyl groups is 1. The van der Waals surface area contributed by atoms with Gasteiger partial charge >= 0.3 is 0 Å². The topological polar surface area (TPSA) is 58.6 Å². The van der Waals surface area contributed by atoms with Gasteiger partial charge in [-0.15, -0.1) is 0 Å². The minimum atomic E-state index is -0.175. The summed E-state index contributed by atoms with van der Waals surface area (Å²) in [7, 11) is 1.61. The number of amides is 1. The Hall–Kier alpha value is -2.49. The summed E-state index contributed by atoms with van der Waals surface area (Å²) >= 11 is 0. The Morgan fingerprint density at radius 1 is 0.964 bits per heavy atom. The maximum atomic E-state index is 12.4. The number of phenols is 1. The Labute approximate surface area is 168 Å². The van der Waals surface area contributed by atoms with Crippen molar-refractivity contribution >= 4 is 11.6 Å². The highest BCUT2D eigenvalue weighted by atomic mass is 16.5. The molecule has 2 rings (SSSR count). The molecule has 0 aliphatic carbocycles. The number of hydrogen-bond acceptors (Lipinski definition) is 3. The van der Waals surface area contributed by atoms with Crippen molar-refractivity contribution in [1.82, 2.24) is 0 Å². The van der Waals surface area contributed by atoms with Gasteiger partial charge in [0.05, 0.1) is 7.11 Å². The molecule has 0 spiro atoms. The van der Waals surface area contributed by atoms with Crippen LogP contribution < -0.4 is 10.1 Å². The highest BCUT2D eigenvalue weighted by Crippen LogP contribution is 2.40. The predicted octanol–water partition coefficient (Wildman–Crippen LogP) is 5.57. The highest BCUT2D eigenvalue weighted by Gasteiger charge is 2.26. The van der Waals surface area contributed by atoms with Crippen LogP contribution in [0.15, 0.2) is 36.4 Å². The second-order valence-electron chi connectivity index (χ2n) is 9.32. The molecule has 0 saturated heterocycles. The molecule has 4 heteroatoms. The van der Waals surface area contributed by atoms with Gasteiger partial charge in [0.25, 0.3) is 0 Å². The first-order valence-corrected chi connectivity index (χ1v) is 9.72. The van der Waals surface area contributed by atoms with Crippen molar-refractivity contribution in [3.8, 4) is 11.5 Å². The van der Waals surface area contributed by atoms with Crippen LogP contribution in [0.3, 0.4) is 0 Å². The average Bonchev–Trinajstić information content (AvgIpc) is 2.59. The molecule has 152 valence electrons. The van der Waals surface area contributed by atoms with Crippen LogP contribution >= 0.6 is 0 Å². The fourth-order valence-electron chi connectivity index (χ4n) is 3.14. The lowest BCUT2D eigenvalue weighted by Crippen LogP contribution is -2.18. The Balaban J connectivity index is 2.17. The molecule has 4 nitrogen and oxygen atoms in total. The number of nitrogens with one attached hydrogen (secondary N) is 1. The average molecular weight is 384 g/mol. The number of hydrogen-bond donors (Lipinski definition) is 2. The van der Waals surface area contributed by atoms with Crippen molar-refractivity contribution in [2.75, 3.05) is 12.4 Å². The van der Waals surface area contributed by atoms with E-state index < -0.39 is 0 Å². The maximum Gasteiger partial charge on any atom is 0.224 e. The number of methoxy groups -OCH3 is 1. The fourth-order valence-corrected chi connectivity index (χ4v) is 3.14. The minimum Gasteiger partial charge on any atom is -0.507 e. The third kappa shape index (κ3) is 5.51. The lowest BCUT2D eigenvalue weighted by atomic mass is 9.78. The van der Waals surface area contributed by atoms with E-state index in [0.717, 1.165) is 28.1 Å². The third-order valence-electron chi connectivity index (χ3n) is 4.80. The highest BCUT2D eigenvalue weighted by molar-refractivity contribution is 5.90. The van der Waals surface area contributed by atoms with Gasteiger partial charge < -0.3 is 15.2 Å². The molecule has 0 radical (unpaired) electrons. The summed E-state index contributed by atoms with van der Waals surface area (Å²) in [6.07, 6.45) is 0.998. The Bertz CT molecular complexity index is 789. The van der Waals surface area contributed by atoms with E-state index in [1.165, 1.54) is 0 Å². The summed E-state index contributed by atoms with van der Waals surface area (Å²) in [6, 6.07) is 11.4. The second-order valence-corrected chi connectivity index (χ2v) is 9.32. The summed E-state index contributed by atoms with van der Waals surface area (Å²) in [4.78, 5) is 12.4. The molecule has 0 bridgehead atoms. The summed E-state index contributed by atoms with van der Waals surface area (Å²) in [5.41, 5.74) is 3.31. The van der Waals surface area contributed by atoms with Gasteiger partial charge in [0.15, 0.2) is 0 Å². The standard InChI is InChI=1S/C24H33NO3/c1-23(2,3)19-14-16(15-20(22(19)27)24(4,5)6)8-13-21(26)25-17-9-11-18(28-7)12-10-17/h9-12,14-15,27H,8,13H2,1-7H3,(H,25,26). The maximum absolute atomic E-state index is 12.4. The number of phenolic OH excluding ortho intramolecular Hbond substituents is 1. The predicted molar refractivity (Wildman–Crippen MR) is 115 cm³/mol. The van der Waals surface area contributed by atoms with Crippen molar-refractivity contribution in [2.45, 2.75) is 65.2 Å². The van der Waals surface area contributed by atoms with Crippen LogP contribution in [0.2, 0.25) is 0 Å². The SMILES string of the molecule is COc1ccc(NC(=O)CCc2cc(C(C)(C)C)c(O)c(C(C)(C)C)c2)cc1. The molecule has 0 heterocycles. The van der Waals surface area contributed by atoms with Crippen LogP contribution in [-0.4, -0.2) is 18.1 Å². The molecular weight excluding hydrogens is 350 g/mol. The molecule has 2 aromatic carbocycles. The zero-order valence-corrected chi connectivity index (χ0v) is 18.1. The van der Waals surface area contributed by atoms with Gasteiger partial charge in [0.1, 0.15) is 11.5 Å². The first-order valence-electron chi connectivity index (χ1n) is 9.72. The van der Waals surface area contributed by atoms with Crippen LogP contribution in [0.4, 0.5) is 5.69 Å². The summed E-state index contributed by atoms with van der Waals surface area (Å²) in [5.74, 6) is 1.09. The van der Waals surface area contributed by atoms with Crippen molar-refractivity contribution in [2.24, 2.45) is 0 Å². The molecule has 0 unspecified atom stereocenters. The molecule has 0 saturated carbocycles. The lowest BCUT2D eigenvalue weighted by molar-refractivity contribution is -0.116. The fraction of sp³-hybridized carbons (Fsp3) is 0.458. The van der Waals surface area contributed by atoms with E-state index in [2.05, 4.69) is 46.9 Å². The van der Waals surface area contributed by atoms with Crippen LogP contribution in [0.5, 0.6) is 11.5 Å². The molecular formula is C24H33NO3. The normalized spacial score (nSPS) is 12.0. The summed E-state index contributed by atoms with van der Waals surface area (Å²) < 4.78 is 5.13. The van der Waals surface area contributed by atoms with Gasteiger partial charge in [-0.1, -0.05) is 53.7 Å². The Morgan fingerprint density at radius 2 is 1.46 bits per heavy atom. The third-order valence-corrected chi connectivity index (χ3v) is 4.80. The molecule has 0 aliphatic rings. The first kappa shape index (κ1) is 21.8. The lowest BCUT2D eigenvalue weighted by Gasteiger charge is -2.28. The quantitative estimate of drug-likeness (QED) is 0.710. The van der Waals surface area contributed by atoms with E-state index in [1.807, 2.05) is 36.4 Å². The smallest absolute Gasteiger partial charge is 0.224 e. The summed E-state index contributed by atoms with van der Waals surface area (Å²) in [6.45, 7) is 12.6. The van der Waals surface area contributed by atoms with Crippen LogP contribution in [0.25, 0.3) is 0 Å². The second kappa shape index (κ2) is 8.26. The molecule has 28 heavy (non-hydrogen) atoms. The number of anilines is 1. The van der Waals surface area contributed by atoms with Crippen molar-refractivity contribution in [3.05, 3.63) is 53.1 Å². The van der Waals surface area contributed by atoms with Crippen molar-refractivity contribution in [3.63, 3.8) is 0 Å². The Morgan fingerprint density at radius 3 is 1.89 bits per heavy atom. The molecule has 1 amide bonds. The zero-order valence-electron chi connectivity index (χ0n) is 18.1. The van der Waals surface area contributed by atoms with Crippen molar-refractivity contribution in [1.29, 1.82) is 0 Å². The largest absolute Gasteiger partial charge is 0.507 e. The number of ether oxygens (including phenoxy) is 1. The van der Waals surface area contributed by atoms with E-state index >= 15 is 0 Å². The van der Waals surface area contributed by atoms with E-state index in [-0.39, 0.29) is 16.7 Å². The number of benzene rings is 2. The van der Waals surface area contributed by atoms with E-state index in [9.17, 15) is 9.90 Å². The molecule has 2 N–H and O–H groups in total. The number of carbonyl (C=O) groups is 1. The van der Waals surface area contributed by atoms with Gasteiger partial charge in [-0.05, 0) is 58.2 Å². The summed E-state index contributed by atoms with van der Waals surface area (Å²) in [5, 5.41) is 13.7. The number of aryl methyl sites for hydroxylation is 1. The van der Waals surface area contributed by atoms with Crippen LogP contribution in [-0.2, 0) is 22.0 Å². The molecule has 0 atom stereocenters. The van der Waals surface area contributed by atoms with Gasteiger partial charge in [0, 0.05) is 12.1 Å². The molecule has 0 aromatic heterocycles. The molecule has 0 fully saturated rings. The molecule has 2 aromatic rings. The molecule has 0 aliphatic heterocycles. The van der Waals surface area contributed by atoms with Gasteiger partial charge in [0.2, 0.25) is 5.91 Å². The minimum absolute atomic E-state index is 0.0344. The van der Waals surface area contributed by atoms with Crippen molar-refractivity contribution < 1.29 is 14.6 Å². The van der Waals surface area contributed by atoms with E-state index in [1.54, 1.807) is 7.11 Å². The Kier molecular flexibility index (Phi) is 6.43. The van der Waals surface area contributed by atoms with Crippen LogP contribution in [0.1, 0.15) is 64.7 Å². The van der Waals surface area contributed by atoms with Gasteiger partial charge in [-0.2, -0.15) is 0 Å².